The molecule has 138 valence electrons. The first-order valence-corrected chi connectivity index (χ1v) is 8.71. The van der Waals surface area contributed by atoms with Crippen LogP contribution in [0, 0.1) is 0 Å². The van der Waals surface area contributed by atoms with Gasteiger partial charge in [0.25, 0.3) is 5.91 Å². The molecule has 0 radical (unpaired) electrons. The number of piperazine rings is 1. The zero-order valence-corrected chi connectivity index (χ0v) is 14.9. The lowest BCUT2D eigenvalue weighted by molar-refractivity contribution is 0.0658. The third-order valence-electron chi connectivity index (χ3n) is 4.92. The van der Waals surface area contributed by atoms with E-state index in [2.05, 4.69) is 9.88 Å². The van der Waals surface area contributed by atoms with Crippen molar-refractivity contribution in [2.45, 2.75) is 0 Å². The number of likely N-dealkylation sites (N-methyl/N-ethyl adjacent to an activating group) is 1. The van der Waals surface area contributed by atoms with Crippen molar-refractivity contribution in [2.24, 2.45) is 0 Å². The van der Waals surface area contributed by atoms with Gasteiger partial charge in [-0.2, -0.15) is 0 Å². The van der Waals surface area contributed by atoms with Crippen molar-refractivity contribution >= 4 is 23.0 Å². The van der Waals surface area contributed by atoms with E-state index in [4.69, 9.17) is 4.42 Å². The highest BCUT2D eigenvalue weighted by atomic mass is 16.3. The van der Waals surface area contributed by atoms with Crippen LogP contribution in [0.1, 0.15) is 20.8 Å². The SMILES string of the molecule is CN1CCN(C(=O)c2coc(-c3ccc4c(C=O)c(O)ccc4c3)n2)CC1. The lowest BCUT2D eigenvalue weighted by Crippen LogP contribution is -2.47. The molecule has 3 aromatic rings. The molecule has 1 aliphatic rings. The Kier molecular flexibility index (Phi) is 4.37. The van der Waals surface area contributed by atoms with Gasteiger partial charge in [0.1, 0.15) is 12.0 Å². The lowest BCUT2D eigenvalue weighted by Gasteiger charge is -2.31. The molecular weight excluding hydrogens is 346 g/mol. The van der Waals surface area contributed by atoms with Crippen molar-refractivity contribution < 1.29 is 19.1 Å². The monoisotopic (exact) mass is 365 g/mol. The zero-order valence-electron chi connectivity index (χ0n) is 14.9. The molecule has 1 N–H and O–H groups in total. The molecule has 0 saturated carbocycles. The molecule has 2 aromatic carbocycles. The van der Waals surface area contributed by atoms with Crippen LogP contribution in [0.25, 0.3) is 22.2 Å². The molecule has 0 atom stereocenters. The van der Waals surface area contributed by atoms with Crippen molar-refractivity contribution in [3.63, 3.8) is 0 Å². The number of hydrogen-bond acceptors (Lipinski definition) is 6. The molecule has 1 amide bonds. The van der Waals surface area contributed by atoms with Gasteiger partial charge in [0.2, 0.25) is 5.89 Å². The topological polar surface area (TPSA) is 86.9 Å². The van der Waals surface area contributed by atoms with Crippen LogP contribution in [0.15, 0.2) is 41.0 Å². The predicted octanol–water partition coefficient (Wildman–Crippen LogP) is 2.40. The maximum atomic E-state index is 12.6. The molecule has 0 aliphatic carbocycles. The first-order valence-electron chi connectivity index (χ1n) is 8.71. The Morgan fingerprint density at radius 1 is 1.19 bits per heavy atom. The van der Waals surface area contributed by atoms with Crippen molar-refractivity contribution in [3.05, 3.63) is 47.9 Å². The summed E-state index contributed by atoms with van der Waals surface area (Å²) in [7, 11) is 2.03. The summed E-state index contributed by atoms with van der Waals surface area (Å²) in [5, 5.41) is 11.2. The second-order valence-electron chi connectivity index (χ2n) is 6.69. The van der Waals surface area contributed by atoms with Crippen LogP contribution in [-0.4, -0.2) is 65.3 Å². The number of carbonyl (C=O) groups excluding carboxylic acids is 2. The van der Waals surface area contributed by atoms with Gasteiger partial charge in [-0.3, -0.25) is 9.59 Å². The maximum Gasteiger partial charge on any atom is 0.275 e. The molecule has 7 nitrogen and oxygen atoms in total. The number of fused-ring (bicyclic) bond motifs is 1. The third kappa shape index (κ3) is 3.17. The van der Waals surface area contributed by atoms with Gasteiger partial charge < -0.3 is 19.3 Å². The quantitative estimate of drug-likeness (QED) is 0.717. The number of phenols is 1. The molecule has 0 unspecified atom stereocenters. The summed E-state index contributed by atoms with van der Waals surface area (Å²) in [5.74, 6) is 0.156. The average molecular weight is 365 g/mol. The second kappa shape index (κ2) is 6.85. The average Bonchev–Trinajstić information content (AvgIpc) is 3.18. The van der Waals surface area contributed by atoms with Crippen molar-refractivity contribution in [1.82, 2.24) is 14.8 Å². The lowest BCUT2D eigenvalue weighted by atomic mass is 10.0. The number of benzene rings is 2. The largest absolute Gasteiger partial charge is 0.507 e. The Bertz CT molecular complexity index is 1020. The number of amides is 1. The zero-order chi connectivity index (χ0) is 19.0. The second-order valence-corrected chi connectivity index (χ2v) is 6.69. The Labute approximate surface area is 155 Å². The fourth-order valence-corrected chi connectivity index (χ4v) is 3.28. The molecule has 1 fully saturated rings. The maximum absolute atomic E-state index is 12.6. The van der Waals surface area contributed by atoms with E-state index in [9.17, 15) is 14.7 Å². The summed E-state index contributed by atoms with van der Waals surface area (Å²) in [6.45, 7) is 3.02. The van der Waals surface area contributed by atoms with E-state index in [-0.39, 0.29) is 22.9 Å². The molecule has 27 heavy (non-hydrogen) atoms. The fraction of sp³-hybridized carbons (Fsp3) is 0.250. The minimum absolute atomic E-state index is 0.0542. The van der Waals surface area contributed by atoms with Crippen molar-refractivity contribution in [2.75, 3.05) is 33.2 Å². The molecule has 1 aromatic heterocycles. The van der Waals surface area contributed by atoms with Gasteiger partial charge in [-0.1, -0.05) is 12.1 Å². The first-order chi connectivity index (χ1) is 13.1. The Morgan fingerprint density at radius 2 is 1.96 bits per heavy atom. The van der Waals surface area contributed by atoms with E-state index in [1.54, 1.807) is 23.1 Å². The molecular formula is C20H19N3O4. The van der Waals surface area contributed by atoms with Gasteiger partial charge in [0, 0.05) is 31.7 Å². The molecule has 0 spiro atoms. The van der Waals surface area contributed by atoms with Gasteiger partial charge >= 0.3 is 0 Å². The van der Waals surface area contributed by atoms with Crippen molar-refractivity contribution in [3.8, 4) is 17.2 Å². The highest BCUT2D eigenvalue weighted by Gasteiger charge is 2.23. The number of nitrogens with zero attached hydrogens (tertiary/aromatic N) is 3. The number of aldehydes is 1. The van der Waals surface area contributed by atoms with Crippen LogP contribution < -0.4 is 0 Å². The molecule has 7 heteroatoms. The summed E-state index contributed by atoms with van der Waals surface area (Å²) < 4.78 is 5.53. The summed E-state index contributed by atoms with van der Waals surface area (Å²) in [6.07, 6.45) is 2.02. The molecule has 2 heterocycles. The number of carbonyl (C=O) groups is 2. The van der Waals surface area contributed by atoms with E-state index in [1.165, 1.54) is 12.3 Å². The minimum Gasteiger partial charge on any atom is -0.507 e. The van der Waals surface area contributed by atoms with Crippen LogP contribution in [0.3, 0.4) is 0 Å². The summed E-state index contributed by atoms with van der Waals surface area (Å²) >= 11 is 0. The van der Waals surface area contributed by atoms with E-state index in [1.807, 2.05) is 13.1 Å². The number of rotatable bonds is 3. The fourth-order valence-electron chi connectivity index (χ4n) is 3.28. The predicted molar refractivity (Wildman–Crippen MR) is 99.9 cm³/mol. The van der Waals surface area contributed by atoms with E-state index >= 15 is 0 Å². The normalized spacial score (nSPS) is 15.2. The Hall–Kier alpha value is -3.19. The smallest absolute Gasteiger partial charge is 0.275 e. The van der Waals surface area contributed by atoms with Gasteiger partial charge in [-0.15, -0.1) is 0 Å². The van der Waals surface area contributed by atoms with Crippen LogP contribution in [0.4, 0.5) is 0 Å². The number of aromatic hydroxyl groups is 1. The minimum atomic E-state index is -0.132. The molecule has 0 bridgehead atoms. The van der Waals surface area contributed by atoms with Crippen LogP contribution in [-0.2, 0) is 0 Å². The van der Waals surface area contributed by atoms with E-state index in [0.29, 0.717) is 36.2 Å². The highest BCUT2D eigenvalue weighted by molar-refractivity contribution is 6.02. The number of aromatic nitrogens is 1. The van der Waals surface area contributed by atoms with Crippen molar-refractivity contribution in [1.29, 1.82) is 0 Å². The third-order valence-corrected chi connectivity index (χ3v) is 4.92. The number of phenolic OH excluding ortho intramolecular Hbond substituents is 1. The summed E-state index contributed by atoms with van der Waals surface area (Å²) in [5.41, 5.74) is 1.23. The van der Waals surface area contributed by atoms with Crippen LogP contribution in [0.2, 0.25) is 0 Å². The van der Waals surface area contributed by atoms with Gasteiger partial charge in [-0.25, -0.2) is 4.98 Å². The van der Waals surface area contributed by atoms with Gasteiger partial charge in [-0.05, 0) is 36.0 Å². The van der Waals surface area contributed by atoms with Gasteiger partial charge in [0.15, 0.2) is 12.0 Å². The Balaban J connectivity index is 1.62. The molecule has 1 aliphatic heterocycles. The summed E-state index contributed by atoms with van der Waals surface area (Å²) in [6, 6.07) is 8.51. The van der Waals surface area contributed by atoms with Gasteiger partial charge in [0.05, 0.1) is 5.56 Å². The Morgan fingerprint density at radius 3 is 2.70 bits per heavy atom. The number of oxazole rings is 1. The van der Waals surface area contributed by atoms with Crippen LogP contribution >= 0.6 is 0 Å². The number of hydrogen-bond donors (Lipinski definition) is 1. The molecule has 1 saturated heterocycles. The van der Waals surface area contributed by atoms with Crippen LogP contribution in [0.5, 0.6) is 5.75 Å². The summed E-state index contributed by atoms with van der Waals surface area (Å²) in [4.78, 5) is 32.1. The van der Waals surface area contributed by atoms with E-state index in [0.717, 1.165) is 18.5 Å². The standard InChI is InChI=1S/C20H19N3O4/c1-22-6-8-23(9-7-22)20(26)17-12-27-19(21-17)14-2-4-15-13(10-14)3-5-18(25)16(15)11-24/h2-5,10-12,25H,6-9H2,1H3. The molecule has 4 rings (SSSR count). The first kappa shape index (κ1) is 17.2. The highest BCUT2D eigenvalue weighted by Crippen LogP contribution is 2.29. The van der Waals surface area contributed by atoms with E-state index < -0.39 is 0 Å².